The van der Waals surface area contributed by atoms with Gasteiger partial charge >= 0.3 is 6.09 Å². The molecule has 1 aromatic carbocycles. The van der Waals surface area contributed by atoms with Crippen LogP contribution in [0.5, 0.6) is 0 Å². The Morgan fingerprint density at radius 2 is 1.66 bits per heavy atom. The van der Waals surface area contributed by atoms with Gasteiger partial charge in [-0.25, -0.2) is 4.79 Å². The van der Waals surface area contributed by atoms with Crippen LogP contribution in [0.15, 0.2) is 24.3 Å². The molecular formula is C29H48N4O5. The molecule has 9 nitrogen and oxygen atoms in total. The third-order valence-corrected chi connectivity index (χ3v) is 6.08. The van der Waals surface area contributed by atoms with E-state index in [0.29, 0.717) is 19.5 Å². The number of aryl methyl sites for hydroxylation is 1. The summed E-state index contributed by atoms with van der Waals surface area (Å²) in [5.74, 6) is -1.31. The number of hydrogen-bond acceptors (Lipinski definition) is 5. The Morgan fingerprint density at radius 1 is 1.00 bits per heavy atom. The van der Waals surface area contributed by atoms with E-state index in [2.05, 4.69) is 17.6 Å². The molecule has 0 saturated heterocycles. The van der Waals surface area contributed by atoms with Crippen LogP contribution in [0.3, 0.4) is 0 Å². The lowest BCUT2D eigenvalue weighted by molar-refractivity contribution is -0.142. The molecule has 0 radical (unpaired) electrons. The van der Waals surface area contributed by atoms with E-state index in [0.717, 1.165) is 43.2 Å². The molecule has 0 aromatic heterocycles. The zero-order valence-electron chi connectivity index (χ0n) is 24.1. The lowest BCUT2D eigenvalue weighted by atomic mass is 9.97. The predicted molar refractivity (Wildman–Crippen MR) is 149 cm³/mol. The van der Waals surface area contributed by atoms with Crippen LogP contribution in [0.2, 0.25) is 0 Å². The molecule has 0 aliphatic heterocycles. The first-order valence-electron chi connectivity index (χ1n) is 13.8. The summed E-state index contributed by atoms with van der Waals surface area (Å²) in [5.41, 5.74) is 6.20. The monoisotopic (exact) mass is 532 g/mol. The molecule has 4 amide bonds. The maximum atomic E-state index is 14.1. The fourth-order valence-electron chi connectivity index (χ4n) is 4.10. The van der Waals surface area contributed by atoms with Gasteiger partial charge in [0.1, 0.15) is 17.7 Å². The minimum absolute atomic E-state index is 0.00316. The van der Waals surface area contributed by atoms with Crippen LogP contribution in [0.25, 0.3) is 0 Å². The Balaban J connectivity index is 3.47. The van der Waals surface area contributed by atoms with Crippen LogP contribution in [0.1, 0.15) is 103 Å². The third-order valence-electron chi connectivity index (χ3n) is 6.08. The summed E-state index contributed by atoms with van der Waals surface area (Å²) < 4.78 is 5.38. The zero-order chi connectivity index (χ0) is 28.7. The van der Waals surface area contributed by atoms with Gasteiger partial charge in [-0.1, -0.05) is 63.8 Å². The number of nitrogens with two attached hydrogens (primary N) is 1. The number of carbonyl (C=O) groups excluding carboxylic acids is 4. The number of benzene rings is 1. The second-order valence-corrected chi connectivity index (χ2v) is 10.7. The van der Waals surface area contributed by atoms with Gasteiger partial charge in [-0.3, -0.25) is 14.4 Å². The molecule has 0 aliphatic rings. The smallest absolute Gasteiger partial charge is 0.408 e. The molecule has 38 heavy (non-hydrogen) atoms. The predicted octanol–water partition coefficient (Wildman–Crippen LogP) is 4.52. The summed E-state index contributed by atoms with van der Waals surface area (Å²) in [6.45, 7) is 12.0. The standard InChI is InChI=1S/C29H48N4O5/c1-7-9-11-14-20-33(25(26(35)31-19-10-8-2)22-16-13-12-15-21(22)3)27(36)23(17-18-24(30)34)32-28(37)38-29(4,5)6/h12-13,15-16,23,25H,7-11,14,17-20H2,1-6H3,(H2,30,34)(H,31,35)(H,32,37). The van der Waals surface area contributed by atoms with Crippen molar-refractivity contribution in [1.29, 1.82) is 0 Å². The van der Waals surface area contributed by atoms with Crippen molar-refractivity contribution in [1.82, 2.24) is 15.5 Å². The zero-order valence-corrected chi connectivity index (χ0v) is 24.1. The number of ether oxygens (including phenoxy) is 1. The molecule has 9 heteroatoms. The molecular weight excluding hydrogens is 484 g/mol. The van der Waals surface area contributed by atoms with Gasteiger partial charge in [0.25, 0.3) is 0 Å². The SMILES string of the molecule is CCCCCCN(C(=O)C(CCC(N)=O)NC(=O)OC(C)(C)C)C(C(=O)NCCCC)c1ccccc1C. The third kappa shape index (κ3) is 12.0. The largest absolute Gasteiger partial charge is 0.444 e. The summed E-state index contributed by atoms with van der Waals surface area (Å²) >= 11 is 0. The highest BCUT2D eigenvalue weighted by Gasteiger charge is 2.36. The van der Waals surface area contributed by atoms with Gasteiger partial charge in [0.05, 0.1) is 0 Å². The Labute approximate surface area is 228 Å². The Bertz CT molecular complexity index is 912. The van der Waals surface area contributed by atoms with E-state index in [9.17, 15) is 19.2 Å². The lowest BCUT2D eigenvalue weighted by Crippen LogP contribution is -2.53. The molecule has 1 aromatic rings. The number of unbranched alkanes of at least 4 members (excludes halogenated alkanes) is 4. The topological polar surface area (TPSA) is 131 Å². The molecule has 214 valence electrons. The Hall–Kier alpha value is -3.10. The minimum Gasteiger partial charge on any atom is -0.444 e. The van der Waals surface area contributed by atoms with E-state index in [1.54, 1.807) is 25.7 Å². The quantitative estimate of drug-likeness (QED) is 0.269. The maximum absolute atomic E-state index is 14.1. The van der Waals surface area contributed by atoms with Gasteiger partial charge in [-0.15, -0.1) is 0 Å². The van der Waals surface area contributed by atoms with Crippen LogP contribution in [0, 0.1) is 6.92 Å². The van der Waals surface area contributed by atoms with Crippen LogP contribution in [-0.2, 0) is 19.1 Å². The van der Waals surface area contributed by atoms with E-state index in [-0.39, 0.29) is 18.7 Å². The van der Waals surface area contributed by atoms with Crippen molar-refractivity contribution in [2.45, 2.75) is 111 Å². The van der Waals surface area contributed by atoms with Crippen molar-refractivity contribution >= 4 is 23.8 Å². The fourth-order valence-corrected chi connectivity index (χ4v) is 4.10. The Kier molecular flexibility index (Phi) is 14.5. The molecule has 2 unspecified atom stereocenters. The molecule has 4 N–H and O–H groups in total. The van der Waals surface area contributed by atoms with E-state index in [4.69, 9.17) is 10.5 Å². The van der Waals surface area contributed by atoms with Gasteiger partial charge < -0.3 is 26.0 Å². The number of primary amides is 1. The van der Waals surface area contributed by atoms with Crippen LogP contribution < -0.4 is 16.4 Å². The normalized spacial score (nSPS) is 12.8. The van der Waals surface area contributed by atoms with Gasteiger partial charge in [-0.05, 0) is 58.1 Å². The number of amides is 4. The first-order chi connectivity index (χ1) is 17.9. The van der Waals surface area contributed by atoms with Crippen molar-refractivity contribution in [2.75, 3.05) is 13.1 Å². The van der Waals surface area contributed by atoms with E-state index >= 15 is 0 Å². The first kappa shape index (κ1) is 32.9. The summed E-state index contributed by atoms with van der Waals surface area (Å²) in [6.07, 6.45) is 4.47. The number of carbonyl (C=O) groups is 4. The second kappa shape index (κ2) is 16.7. The second-order valence-electron chi connectivity index (χ2n) is 10.7. The van der Waals surface area contributed by atoms with Crippen molar-refractivity contribution in [3.05, 3.63) is 35.4 Å². The highest BCUT2D eigenvalue weighted by molar-refractivity contribution is 5.92. The number of rotatable bonds is 16. The lowest BCUT2D eigenvalue weighted by Gasteiger charge is -2.35. The van der Waals surface area contributed by atoms with E-state index in [1.807, 2.05) is 38.1 Å². The molecule has 0 aliphatic carbocycles. The van der Waals surface area contributed by atoms with Crippen LogP contribution >= 0.6 is 0 Å². The number of nitrogens with zero attached hydrogens (tertiary/aromatic N) is 1. The molecule has 0 saturated carbocycles. The number of alkyl carbamates (subject to hydrolysis) is 1. The average molecular weight is 533 g/mol. The van der Waals surface area contributed by atoms with Gasteiger partial charge in [0.2, 0.25) is 17.7 Å². The van der Waals surface area contributed by atoms with Gasteiger partial charge in [-0.2, -0.15) is 0 Å². The van der Waals surface area contributed by atoms with Crippen molar-refractivity contribution < 1.29 is 23.9 Å². The fraction of sp³-hybridized carbons (Fsp3) is 0.655. The van der Waals surface area contributed by atoms with E-state index < -0.39 is 35.6 Å². The summed E-state index contributed by atoms with van der Waals surface area (Å²) in [5, 5.41) is 5.62. The summed E-state index contributed by atoms with van der Waals surface area (Å²) in [6, 6.07) is 5.52. The summed E-state index contributed by atoms with van der Waals surface area (Å²) in [7, 11) is 0. The minimum atomic E-state index is -1.08. The molecule has 0 fully saturated rings. The molecule has 1 rings (SSSR count). The highest BCUT2D eigenvalue weighted by Crippen LogP contribution is 2.27. The maximum Gasteiger partial charge on any atom is 0.408 e. The number of nitrogens with one attached hydrogen (secondary N) is 2. The molecule has 0 heterocycles. The van der Waals surface area contributed by atoms with Crippen molar-refractivity contribution in [2.24, 2.45) is 5.73 Å². The average Bonchev–Trinajstić information content (AvgIpc) is 2.83. The molecule has 2 atom stereocenters. The van der Waals surface area contributed by atoms with Crippen LogP contribution in [-0.4, -0.2) is 53.4 Å². The molecule has 0 bridgehead atoms. The van der Waals surface area contributed by atoms with Crippen molar-refractivity contribution in [3.8, 4) is 0 Å². The number of hydrogen-bond donors (Lipinski definition) is 3. The summed E-state index contributed by atoms with van der Waals surface area (Å²) in [4.78, 5) is 53.5. The Morgan fingerprint density at radius 3 is 2.24 bits per heavy atom. The molecule has 0 spiro atoms. The first-order valence-corrected chi connectivity index (χ1v) is 13.8. The van der Waals surface area contributed by atoms with Crippen molar-refractivity contribution in [3.63, 3.8) is 0 Å². The van der Waals surface area contributed by atoms with E-state index in [1.165, 1.54) is 0 Å². The van der Waals surface area contributed by atoms with Gasteiger partial charge in [0.15, 0.2) is 0 Å². The van der Waals surface area contributed by atoms with Gasteiger partial charge in [0, 0.05) is 19.5 Å². The highest BCUT2D eigenvalue weighted by atomic mass is 16.6. The van der Waals surface area contributed by atoms with Crippen LogP contribution in [0.4, 0.5) is 4.79 Å².